The molecule has 1 aromatic heterocycles. The summed E-state index contributed by atoms with van der Waals surface area (Å²) in [5, 5.41) is 10.9. The molecule has 1 aliphatic rings. The Labute approximate surface area is 134 Å². The Morgan fingerprint density at radius 2 is 2.09 bits per heavy atom. The number of nitrogens with zero attached hydrogens (tertiary/aromatic N) is 1. The molecule has 0 bridgehead atoms. The molecule has 0 radical (unpaired) electrons. The minimum absolute atomic E-state index is 0.0123. The first kappa shape index (κ1) is 14.9. The highest BCUT2D eigenvalue weighted by molar-refractivity contribution is 6.33. The Morgan fingerprint density at radius 3 is 2.73 bits per heavy atom. The predicted octanol–water partition coefficient (Wildman–Crippen LogP) is 4.03. The monoisotopic (exact) mass is 313 g/mol. The van der Waals surface area contributed by atoms with E-state index in [2.05, 4.69) is 4.98 Å². The van der Waals surface area contributed by atoms with Crippen molar-refractivity contribution in [1.29, 1.82) is 0 Å². The normalized spacial score (nSPS) is 15.8. The molecular formula is C18H16ClNO2. The van der Waals surface area contributed by atoms with Gasteiger partial charge in [0.05, 0.1) is 5.69 Å². The van der Waals surface area contributed by atoms with Gasteiger partial charge in [-0.1, -0.05) is 35.4 Å². The van der Waals surface area contributed by atoms with E-state index in [9.17, 15) is 9.90 Å². The number of allylic oxidation sites excluding steroid dienone is 1. The molecule has 1 atom stereocenters. The van der Waals surface area contributed by atoms with E-state index in [-0.39, 0.29) is 5.78 Å². The molecule has 3 nitrogen and oxygen atoms in total. The number of Topliss-reactive ketones (excluding diaryl/α,β-unsaturated/α-hetero) is 1. The van der Waals surface area contributed by atoms with Crippen LogP contribution in [0.4, 0.5) is 0 Å². The Hall–Kier alpha value is -1.97. The number of halogens is 1. The summed E-state index contributed by atoms with van der Waals surface area (Å²) in [4.78, 5) is 16.1. The number of aliphatic hydroxyl groups excluding tert-OH is 1. The molecule has 3 rings (SSSR count). The number of benzene rings is 1. The summed E-state index contributed by atoms with van der Waals surface area (Å²) in [6, 6.07) is 9.38. The molecule has 0 fully saturated rings. The van der Waals surface area contributed by atoms with Crippen LogP contribution in [0.1, 0.15) is 30.1 Å². The minimum atomic E-state index is -0.899. The van der Waals surface area contributed by atoms with Gasteiger partial charge in [-0.25, -0.2) is 0 Å². The first-order valence-electron chi connectivity index (χ1n) is 7.20. The molecule has 0 aliphatic heterocycles. The van der Waals surface area contributed by atoms with Crippen LogP contribution in [0.15, 0.2) is 48.2 Å². The van der Waals surface area contributed by atoms with E-state index in [4.69, 9.17) is 11.6 Å². The van der Waals surface area contributed by atoms with Gasteiger partial charge in [-0.05, 0) is 31.5 Å². The van der Waals surface area contributed by atoms with Crippen LogP contribution in [0.25, 0.3) is 11.3 Å². The zero-order valence-electron chi connectivity index (χ0n) is 12.2. The Balaban J connectivity index is 1.90. The molecule has 112 valence electrons. The molecule has 1 unspecified atom stereocenters. The maximum absolute atomic E-state index is 11.7. The minimum Gasteiger partial charge on any atom is -0.383 e. The fourth-order valence-corrected chi connectivity index (χ4v) is 2.84. The summed E-state index contributed by atoms with van der Waals surface area (Å²) in [5.74, 6) is 0.0123. The summed E-state index contributed by atoms with van der Waals surface area (Å²) < 4.78 is 0. The van der Waals surface area contributed by atoms with Crippen molar-refractivity contribution in [1.82, 2.24) is 4.98 Å². The number of carbonyl (C=O) groups excluding carboxylic acids is 1. The Kier molecular flexibility index (Phi) is 4.10. The van der Waals surface area contributed by atoms with Gasteiger partial charge in [0.25, 0.3) is 0 Å². The van der Waals surface area contributed by atoms with Crippen molar-refractivity contribution in [2.75, 3.05) is 0 Å². The van der Waals surface area contributed by atoms with Gasteiger partial charge in [0.1, 0.15) is 6.10 Å². The van der Waals surface area contributed by atoms with Gasteiger partial charge >= 0.3 is 0 Å². The maximum Gasteiger partial charge on any atom is 0.161 e. The Bertz CT molecular complexity index is 750. The lowest BCUT2D eigenvalue weighted by Crippen LogP contribution is -2.07. The summed E-state index contributed by atoms with van der Waals surface area (Å²) in [6.45, 7) is 2.00. The topological polar surface area (TPSA) is 50.2 Å². The van der Waals surface area contributed by atoms with Gasteiger partial charge in [0, 0.05) is 34.3 Å². The first-order chi connectivity index (χ1) is 10.6. The highest BCUT2D eigenvalue weighted by atomic mass is 35.5. The van der Waals surface area contributed by atoms with Crippen LogP contribution in [0.3, 0.4) is 0 Å². The lowest BCUT2D eigenvalue weighted by Gasteiger charge is -2.12. The fourth-order valence-electron chi connectivity index (χ4n) is 2.62. The van der Waals surface area contributed by atoms with E-state index in [1.807, 2.05) is 31.2 Å². The Morgan fingerprint density at radius 1 is 1.27 bits per heavy atom. The SMILES string of the molecule is Cc1ccc(Cl)c(-c2ccc(C(O)C3=CCCC3=O)cn2)c1. The second-order valence-electron chi connectivity index (χ2n) is 5.48. The van der Waals surface area contributed by atoms with Crippen molar-refractivity contribution in [3.05, 3.63) is 64.3 Å². The van der Waals surface area contributed by atoms with Crippen LogP contribution in [0, 0.1) is 6.92 Å². The van der Waals surface area contributed by atoms with E-state index in [1.54, 1.807) is 18.3 Å². The second-order valence-corrected chi connectivity index (χ2v) is 5.89. The number of hydrogen-bond acceptors (Lipinski definition) is 3. The quantitative estimate of drug-likeness (QED) is 0.930. The lowest BCUT2D eigenvalue weighted by molar-refractivity contribution is -0.115. The molecule has 0 spiro atoms. The highest BCUT2D eigenvalue weighted by Gasteiger charge is 2.23. The van der Waals surface area contributed by atoms with E-state index in [0.29, 0.717) is 29.0 Å². The lowest BCUT2D eigenvalue weighted by atomic mass is 10.0. The van der Waals surface area contributed by atoms with Crippen molar-refractivity contribution in [2.24, 2.45) is 0 Å². The van der Waals surface area contributed by atoms with Crippen molar-refractivity contribution in [2.45, 2.75) is 25.9 Å². The largest absolute Gasteiger partial charge is 0.383 e. The van der Waals surface area contributed by atoms with Crippen LogP contribution in [0.2, 0.25) is 5.02 Å². The van der Waals surface area contributed by atoms with Gasteiger partial charge in [-0.3, -0.25) is 9.78 Å². The van der Waals surface area contributed by atoms with E-state index in [1.165, 1.54) is 0 Å². The molecule has 2 aromatic rings. The number of pyridine rings is 1. The van der Waals surface area contributed by atoms with E-state index in [0.717, 1.165) is 16.8 Å². The molecule has 0 amide bonds. The molecule has 1 heterocycles. The standard InChI is InChI=1S/C18H16ClNO2/c1-11-5-7-15(19)14(9-11)16-8-6-12(10-20-16)18(22)13-3-2-4-17(13)21/h3,5-10,18,22H,2,4H2,1H3. The van der Waals surface area contributed by atoms with Gasteiger partial charge in [0.2, 0.25) is 0 Å². The number of hydrogen-bond donors (Lipinski definition) is 1. The van der Waals surface area contributed by atoms with Gasteiger partial charge in [0.15, 0.2) is 5.78 Å². The maximum atomic E-state index is 11.7. The summed E-state index contributed by atoms with van der Waals surface area (Å²) >= 11 is 6.21. The summed E-state index contributed by atoms with van der Waals surface area (Å²) in [6.07, 6.45) is 3.69. The van der Waals surface area contributed by atoms with Crippen molar-refractivity contribution < 1.29 is 9.90 Å². The molecular weight excluding hydrogens is 298 g/mol. The number of rotatable bonds is 3. The number of carbonyl (C=O) groups is 1. The molecule has 0 saturated carbocycles. The summed E-state index contributed by atoms with van der Waals surface area (Å²) in [7, 11) is 0. The molecule has 0 saturated heterocycles. The number of aryl methyl sites for hydroxylation is 1. The molecule has 1 N–H and O–H groups in total. The van der Waals surface area contributed by atoms with Crippen LogP contribution in [-0.4, -0.2) is 15.9 Å². The zero-order chi connectivity index (χ0) is 15.7. The third kappa shape index (κ3) is 2.82. The van der Waals surface area contributed by atoms with Crippen molar-refractivity contribution in [3.63, 3.8) is 0 Å². The van der Waals surface area contributed by atoms with E-state index >= 15 is 0 Å². The van der Waals surface area contributed by atoms with Crippen LogP contribution < -0.4 is 0 Å². The van der Waals surface area contributed by atoms with E-state index < -0.39 is 6.10 Å². The molecule has 4 heteroatoms. The molecule has 22 heavy (non-hydrogen) atoms. The molecule has 1 aliphatic carbocycles. The number of aromatic nitrogens is 1. The summed E-state index contributed by atoms with van der Waals surface area (Å²) in [5.41, 5.74) is 3.81. The van der Waals surface area contributed by atoms with Crippen LogP contribution in [-0.2, 0) is 4.79 Å². The average Bonchev–Trinajstić information content (AvgIpc) is 2.95. The third-order valence-electron chi connectivity index (χ3n) is 3.85. The van der Waals surface area contributed by atoms with Gasteiger partial charge < -0.3 is 5.11 Å². The average molecular weight is 314 g/mol. The smallest absolute Gasteiger partial charge is 0.161 e. The predicted molar refractivity (Wildman–Crippen MR) is 86.7 cm³/mol. The zero-order valence-corrected chi connectivity index (χ0v) is 13.0. The van der Waals surface area contributed by atoms with Crippen LogP contribution >= 0.6 is 11.6 Å². The number of ketones is 1. The van der Waals surface area contributed by atoms with Gasteiger partial charge in [-0.15, -0.1) is 0 Å². The van der Waals surface area contributed by atoms with Crippen LogP contribution in [0.5, 0.6) is 0 Å². The number of aliphatic hydroxyl groups is 1. The first-order valence-corrected chi connectivity index (χ1v) is 7.58. The van der Waals surface area contributed by atoms with Crippen molar-refractivity contribution >= 4 is 17.4 Å². The van der Waals surface area contributed by atoms with Gasteiger partial charge in [-0.2, -0.15) is 0 Å². The third-order valence-corrected chi connectivity index (χ3v) is 4.18. The van der Waals surface area contributed by atoms with Crippen molar-refractivity contribution in [3.8, 4) is 11.3 Å². The highest BCUT2D eigenvalue weighted by Crippen LogP contribution is 2.31. The molecule has 1 aromatic carbocycles. The fraction of sp³-hybridized carbons (Fsp3) is 0.222. The second kappa shape index (κ2) is 6.03.